The number of rotatable bonds is 3. The Labute approximate surface area is 185 Å². The number of aromatic amines is 1. The molecule has 0 saturated heterocycles. The molecule has 0 radical (unpaired) electrons. The van der Waals surface area contributed by atoms with Crippen molar-refractivity contribution < 1.29 is 19.0 Å². The molecule has 0 aliphatic carbocycles. The van der Waals surface area contributed by atoms with Gasteiger partial charge in [-0.25, -0.2) is 0 Å². The number of methoxy groups -OCH3 is 1. The zero-order chi connectivity index (χ0) is 21.7. The molecular formula is C26H22N2O4. The van der Waals surface area contributed by atoms with Crippen LogP contribution in [0.25, 0.3) is 10.9 Å². The first-order chi connectivity index (χ1) is 15.7. The molecule has 6 heteroatoms. The number of nitrogens with one attached hydrogen (secondary N) is 1. The average molecular weight is 426 g/mol. The minimum Gasteiger partial charge on any atom is -0.497 e. The number of hydrogen-bond donors (Lipinski definition) is 1. The molecule has 1 aromatic heterocycles. The van der Waals surface area contributed by atoms with Gasteiger partial charge in [0, 0.05) is 28.7 Å². The zero-order valence-corrected chi connectivity index (χ0v) is 17.6. The number of nitrogens with zero attached hydrogens (tertiary/aromatic N) is 1. The normalized spacial score (nSPS) is 16.8. The largest absolute Gasteiger partial charge is 0.497 e. The summed E-state index contributed by atoms with van der Waals surface area (Å²) in [6.07, 6.45) is 0.794. The summed E-state index contributed by atoms with van der Waals surface area (Å²) in [4.78, 5) is 19.3. The molecule has 0 saturated carbocycles. The standard InChI is InChI=1S/C26H22N2O4/c1-30-18-9-6-16(7-10-18)25-24-20(19-4-2-3-5-21(19)27-24)12-13-28(25)26(29)17-8-11-22-23(14-17)32-15-31-22/h2-11,14,25,27H,12-13,15H2,1H3/t25-/m0/s1. The maximum atomic E-state index is 13.7. The van der Waals surface area contributed by atoms with Crippen LogP contribution in [0.15, 0.2) is 66.7 Å². The third-order valence-corrected chi connectivity index (χ3v) is 6.35. The molecule has 2 aliphatic rings. The van der Waals surface area contributed by atoms with E-state index in [-0.39, 0.29) is 18.7 Å². The summed E-state index contributed by atoms with van der Waals surface area (Å²) < 4.78 is 16.3. The lowest BCUT2D eigenvalue weighted by Crippen LogP contribution is -2.40. The van der Waals surface area contributed by atoms with Gasteiger partial charge in [-0.05, 0) is 53.9 Å². The fraction of sp³-hybridized carbons (Fsp3) is 0.192. The fourth-order valence-corrected chi connectivity index (χ4v) is 4.79. The van der Waals surface area contributed by atoms with Gasteiger partial charge in [0.1, 0.15) is 5.75 Å². The Morgan fingerprint density at radius 2 is 1.84 bits per heavy atom. The van der Waals surface area contributed by atoms with Crippen molar-refractivity contribution in [1.29, 1.82) is 0 Å². The van der Waals surface area contributed by atoms with Crippen molar-refractivity contribution in [2.45, 2.75) is 12.5 Å². The molecule has 3 heterocycles. The third kappa shape index (κ3) is 2.91. The number of hydrogen-bond acceptors (Lipinski definition) is 4. The van der Waals surface area contributed by atoms with Gasteiger partial charge in [-0.1, -0.05) is 30.3 Å². The Bertz CT molecular complexity index is 1330. The van der Waals surface area contributed by atoms with Gasteiger partial charge in [0.15, 0.2) is 11.5 Å². The number of amides is 1. The molecule has 2 aliphatic heterocycles. The predicted molar refractivity (Wildman–Crippen MR) is 120 cm³/mol. The van der Waals surface area contributed by atoms with Crippen LogP contribution in [0.4, 0.5) is 0 Å². The average Bonchev–Trinajstić information content (AvgIpc) is 3.47. The van der Waals surface area contributed by atoms with E-state index in [1.54, 1.807) is 19.2 Å². The van der Waals surface area contributed by atoms with Gasteiger partial charge in [0.25, 0.3) is 5.91 Å². The van der Waals surface area contributed by atoms with Crippen LogP contribution >= 0.6 is 0 Å². The number of carbonyl (C=O) groups excluding carboxylic acids is 1. The molecular weight excluding hydrogens is 404 g/mol. The fourth-order valence-electron chi connectivity index (χ4n) is 4.79. The molecule has 0 bridgehead atoms. The van der Waals surface area contributed by atoms with E-state index in [1.165, 1.54) is 10.9 Å². The molecule has 1 atom stereocenters. The lowest BCUT2D eigenvalue weighted by Gasteiger charge is -2.36. The maximum absolute atomic E-state index is 13.7. The van der Waals surface area contributed by atoms with Crippen molar-refractivity contribution in [2.24, 2.45) is 0 Å². The predicted octanol–water partition coefficient (Wildman–Crippen LogP) is 4.69. The molecule has 0 unspecified atom stereocenters. The highest BCUT2D eigenvalue weighted by Crippen LogP contribution is 2.40. The molecule has 32 heavy (non-hydrogen) atoms. The van der Waals surface area contributed by atoms with E-state index in [1.807, 2.05) is 41.3 Å². The first kappa shape index (κ1) is 18.8. The molecule has 1 N–H and O–H groups in total. The number of para-hydroxylation sites is 1. The summed E-state index contributed by atoms with van der Waals surface area (Å²) in [6.45, 7) is 0.808. The Balaban J connectivity index is 1.46. The van der Waals surface area contributed by atoms with Crippen molar-refractivity contribution in [3.8, 4) is 17.2 Å². The minimum absolute atomic E-state index is 0.0339. The first-order valence-corrected chi connectivity index (χ1v) is 10.7. The van der Waals surface area contributed by atoms with Crippen LogP contribution in [-0.2, 0) is 6.42 Å². The van der Waals surface area contributed by atoms with E-state index in [2.05, 4.69) is 23.2 Å². The van der Waals surface area contributed by atoms with Crippen molar-refractivity contribution in [3.63, 3.8) is 0 Å². The van der Waals surface area contributed by atoms with E-state index in [9.17, 15) is 4.79 Å². The molecule has 6 rings (SSSR count). The molecule has 1 amide bonds. The number of benzene rings is 3. The first-order valence-electron chi connectivity index (χ1n) is 10.7. The number of carbonyl (C=O) groups is 1. The number of ether oxygens (including phenoxy) is 3. The van der Waals surface area contributed by atoms with E-state index in [0.29, 0.717) is 23.6 Å². The van der Waals surface area contributed by atoms with Gasteiger partial charge in [-0.2, -0.15) is 0 Å². The lowest BCUT2D eigenvalue weighted by atomic mass is 9.91. The summed E-state index contributed by atoms with van der Waals surface area (Å²) in [5, 5.41) is 1.22. The van der Waals surface area contributed by atoms with Gasteiger partial charge in [-0.15, -0.1) is 0 Å². The van der Waals surface area contributed by atoms with E-state index < -0.39 is 0 Å². The second-order valence-corrected chi connectivity index (χ2v) is 8.06. The van der Waals surface area contributed by atoms with Crippen molar-refractivity contribution in [2.75, 3.05) is 20.4 Å². The van der Waals surface area contributed by atoms with Gasteiger partial charge in [-0.3, -0.25) is 4.79 Å². The van der Waals surface area contributed by atoms with Crippen LogP contribution < -0.4 is 14.2 Å². The van der Waals surface area contributed by atoms with Gasteiger partial charge < -0.3 is 24.1 Å². The van der Waals surface area contributed by atoms with Crippen molar-refractivity contribution in [1.82, 2.24) is 9.88 Å². The van der Waals surface area contributed by atoms with Crippen molar-refractivity contribution in [3.05, 3.63) is 89.1 Å². The summed E-state index contributed by atoms with van der Waals surface area (Å²) in [6, 6.07) is 21.4. The Morgan fingerprint density at radius 3 is 2.69 bits per heavy atom. The van der Waals surface area contributed by atoms with Crippen LogP contribution in [0.1, 0.15) is 33.2 Å². The van der Waals surface area contributed by atoms with Crippen LogP contribution in [0.2, 0.25) is 0 Å². The quantitative estimate of drug-likeness (QED) is 0.516. The monoisotopic (exact) mass is 426 g/mol. The van der Waals surface area contributed by atoms with E-state index in [0.717, 1.165) is 28.9 Å². The number of fused-ring (bicyclic) bond motifs is 4. The van der Waals surface area contributed by atoms with Gasteiger partial charge >= 0.3 is 0 Å². The summed E-state index contributed by atoms with van der Waals surface area (Å²) in [7, 11) is 1.65. The summed E-state index contributed by atoms with van der Waals surface area (Å²) in [5.74, 6) is 2.04. The SMILES string of the molecule is COc1ccc([C@H]2c3[nH]c4ccccc4c3CCN2C(=O)c2ccc3c(c2)OCO3)cc1. The number of aromatic nitrogens is 1. The van der Waals surface area contributed by atoms with Gasteiger partial charge in [0.2, 0.25) is 6.79 Å². The Hall–Kier alpha value is -3.93. The summed E-state index contributed by atoms with van der Waals surface area (Å²) >= 11 is 0. The van der Waals surface area contributed by atoms with E-state index in [4.69, 9.17) is 14.2 Å². The highest BCUT2D eigenvalue weighted by molar-refractivity contribution is 5.96. The molecule has 160 valence electrons. The molecule has 0 spiro atoms. The minimum atomic E-state index is -0.227. The highest BCUT2D eigenvalue weighted by Gasteiger charge is 2.35. The topological polar surface area (TPSA) is 63.8 Å². The van der Waals surface area contributed by atoms with Crippen LogP contribution in [0.3, 0.4) is 0 Å². The zero-order valence-electron chi connectivity index (χ0n) is 17.6. The number of H-pyrrole nitrogens is 1. The second-order valence-electron chi connectivity index (χ2n) is 8.06. The smallest absolute Gasteiger partial charge is 0.254 e. The Kier molecular flexibility index (Phi) is 4.31. The van der Waals surface area contributed by atoms with Crippen LogP contribution in [0.5, 0.6) is 17.2 Å². The van der Waals surface area contributed by atoms with Gasteiger partial charge in [0.05, 0.1) is 13.2 Å². The molecule has 0 fully saturated rings. The molecule has 6 nitrogen and oxygen atoms in total. The van der Waals surface area contributed by atoms with E-state index >= 15 is 0 Å². The van der Waals surface area contributed by atoms with Crippen molar-refractivity contribution >= 4 is 16.8 Å². The van der Waals surface area contributed by atoms with Crippen LogP contribution in [0, 0.1) is 0 Å². The molecule has 3 aromatic carbocycles. The second kappa shape index (κ2) is 7.34. The lowest BCUT2D eigenvalue weighted by molar-refractivity contribution is 0.0691. The Morgan fingerprint density at radius 1 is 1.03 bits per heavy atom. The molecule has 4 aromatic rings. The highest BCUT2D eigenvalue weighted by atomic mass is 16.7. The van der Waals surface area contributed by atoms with Crippen LogP contribution in [-0.4, -0.2) is 36.2 Å². The summed E-state index contributed by atoms with van der Waals surface area (Å²) in [5.41, 5.74) is 5.06. The maximum Gasteiger partial charge on any atom is 0.254 e. The third-order valence-electron chi connectivity index (χ3n) is 6.35.